The van der Waals surface area contributed by atoms with E-state index >= 15 is 0 Å². The van der Waals surface area contributed by atoms with E-state index in [4.69, 9.17) is 14.8 Å². The second-order valence-electron chi connectivity index (χ2n) is 7.71. The van der Waals surface area contributed by atoms with Gasteiger partial charge in [-0.05, 0) is 37.3 Å². The minimum Gasteiger partial charge on any atom is -0.345 e. The highest BCUT2D eigenvalue weighted by molar-refractivity contribution is 5.95. The first kappa shape index (κ1) is 20.5. The third kappa shape index (κ3) is 3.85. The molecule has 0 aromatic heterocycles. The molecule has 1 unspecified atom stereocenters. The summed E-state index contributed by atoms with van der Waals surface area (Å²) in [5.74, 6) is -0.588. The van der Waals surface area contributed by atoms with Crippen molar-refractivity contribution in [2.75, 3.05) is 5.01 Å². The topological polar surface area (TPSA) is 109 Å². The average Bonchev–Trinajstić information content (AvgIpc) is 3.09. The molecular formula is C24H19N5O4. The highest BCUT2D eigenvalue weighted by Crippen LogP contribution is 2.35. The summed E-state index contributed by atoms with van der Waals surface area (Å²) in [5, 5.41) is 14.4. The predicted octanol–water partition coefficient (Wildman–Crippen LogP) is 2.98. The Morgan fingerprint density at radius 3 is 2.48 bits per heavy atom. The fraction of sp³-hybridized carbons (Fsp3) is 0.125. The number of nitro groups is 1. The molecule has 3 aromatic carbocycles. The summed E-state index contributed by atoms with van der Waals surface area (Å²) in [4.78, 5) is 38.7. The summed E-state index contributed by atoms with van der Waals surface area (Å²) in [5.41, 5.74) is 5.47. The number of nitrogens with zero attached hydrogens (tertiary/aromatic N) is 4. The molecule has 3 aromatic rings. The lowest BCUT2D eigenvalue weighted by molar-refractivity contribution is -0.385. The molecule has 164 valence electrons. The van der Waals surface area contributed by atoms with Crippen molar-refractivity contribution in [3.05, 3.63) is 116 Å². The van der Waals surface area contributed by atoms with Crippen LogP contribution in [0.5, 0.6) is 0 Å². The van der Waals surface area contributed by atoms with Crippen LogP contribution in [0.2, 0.25) is 0 Å². The van der Waals surface area contributed by atoms with Crippen LogP contribution in [0.1, 0.15) is 23.6 Å². The number of fused-ring (bicyclic) bond motifs is 1. The Morgan fingerprint density at radius 1 is 1.03 bits per heavy atom. The minimum absolute atomic E-state index is 0.0301. The maximum Gasteiger partial charge on any atom is 0.378 e. The molecule has 2 aliphatic heterocycles. The monoisotopic (exact) mass is 441 g/mol. The second kappa shape index (κ2) is 8.29. The van der Waals surface area contributed by atoms with E-state index in [1.54, 1.807) is 30.3 Å². The van der Waals surface area contributed by atoms with Crippen molar-refractivity contribution in [1.29, 1.82) is 0 Å². The third-order valence-corrected chi connectivity index (χ3v) is 5.52. The van der Waals surface area contributed by atoms with E-state index in [0.717, 1.165) is 5.56 Å². The number of hydrazine groups is 1. The van der Waals surface area contributed by atoms with E-state index < -0.39 is 16.9 Å². The molecule has 33 heavy (non-hydrogen) atoms. The largest absolute Gasteiger partial charge is 0.378 e. The van der Waals surface area contributed by atoms with E-state index in [-0.39, 0.29) is 17.8 Å². The standard InChI is InChI=1S/C24H19N5O4/c1-15-10-12-16(13-11-15)28-23(24(30)33-27-28)21-14-20(17-6-2-5-9-22(17)29(31)32)25-18-7-3-4-8-19(18)26-21/h2-13,20,27H,14H2,1H3. The van der Waals surface area contributed by atoms with Gasteiger partial charge in [-0.1, -0.05) is 47.6 Å². The molecule has 2 aliphatic rings. The number of nitrogens with one attached hydrogen (secondary N) is 1. The third-order valence-electron chi connectivity index (χ3n) is 5.52. The lowest BCUT2D eigenvalue weighted by atomic mass is 10.00. The number of rotatable bonds is 3. The highest BCUT2D eigenvalue weighted by atomic mass is 16.7. The lowest BCUT2D eigenvalue weighted by Crippen LogP contribution is -2.29. The first-order chi connectivity index (χ1) is 16.0. The Balaban J connectivity index is 1.72. The van der Waals surface area contributed by atoms with Gasteiger partial charge in [0.2, 0.25) is 0 Å². The van der Waals surface area contributed by atoms with Crippen LogP contribution in [-0.4, -0.2) is 10.9 Å². The van der Waals surface area contributed by atoms with Crippen LogP contribution in [0, 0.1) is 17.0 Å². The first-order valence-corrected chi connectivity index (χ1v) is 10.3. The van der Waals surface area contributed by atoms with Crippen molar-refractivity contribution < 1.29 is 14.6 Å². The fourth-order valence-corrected chi connectivity index (χ4v) is 3.92. The number of para-hydroxylation sites is 3. The average molecular weight is 441 g/mol. The molecule has 0 saturated carbocycles. The minimum atomic E-state index is -0.616. The van der Waals surface area contributed by atoms with Crippen LogP contribution >= 0.6 is 0 Å². The van der Waals surface area contributed by atoms with Crippen LogP contribution in [0.4, 0.5) is 11.4 Å². The molecule has 9 nitrogen and oxygen atoms in total. The zero-order valence-electron chi connectivity index (χ0n) is 17.6. The molecule has 1 fully saturated rings. The first-order valence-electron chi connectivity index (χ1n) is 10.3. The molecule has 0 spiro atoms. The molecule has 0 aliphatic carbocycles. The number of hydrogen-bond donors (Lipinski definition) is 1. The predicted molar refractivity (Wildman–Crippen MR) is 119 cm³/mol. The maximum absolute atomic E-state index is 12.8. The van der Waals surface area contributed by atoms with Crippen molar-refractivity contribution in [3.8, 4) is 0 Å². The van der Waals surface area contributed by atoms with Crippen LogP contribution in [0.25, 0.3) is 0 Å². The van der Waals surface area contributed by atoms with Gasteiger partial charge in [0.1, 0.15) is 0 Å². The molecular weight excluding hydrogens is 422 g/mol. The number of aryl methyl sites for hydroxylation is 1. The molecule has 0 amide bonds. The van der Waals surface area contributed by atoms with Gasteiger partial charge in [0.25, 0.3) is 5.69 Å². The van der Waals surface area contributed by atoms with Gasteiger partial charge in [0.15, 0.2) is 5.70 Å². The molecule has 1 atom stereocenters. The van der Waals surface area contributed by atoms with Crippen molar-refractivity contribution in [1.82, 2.24) is 5.59 Å². The fourth-order valence-electron chi connectivity index (χ4n) is 3.92. The van der Waals surface area contributed by atoms with Crippen LogP contribution < -0.4 is 21.3 Å². The van der Waals surface area contributed by atoms with Crippen molar-refractivity contribution >= 4 is 17.3 Å². The summed E-state index contributed by atoms with van der Waals surface area (Å²) in [6.07, 6.45) is 0.175. The Kier molecular flexibility index (Phi) is 5.15. The normalized spacial score (nSPS) is 19.7. The van der Waals surface area contributed by atoms with Crippen molar-refractivity contribution in [3.63, 3.8) is 0 Å². The molecule has 0 radical (unpaired) electrons. The van der Waals surface area contributed by atoms with Gasteiger partial charge in [-0.2, -0.15) is 0 Å². The molecule has 5 rings (SSSR count). The quantitative estimate of drug-likeness (QED) is 0.380. The number of carbonyl (C=O) groups excluding carboxylic acids is 1. The number of anilines is 1. The van der Waals surface area contributed by atoms with Crippen molar-refractivity contribution in [2.45, 2.75) is 19.4 Å². The van der Waals surface area contributed by atoms with Gasteiger partial charge >= 0.3 is 5.97 Å². The Labute approximate surface area is 188 Å². The number of benzene rings is 3. The summed E-state index contributed by atoms with van der Waals surface area (Å²) in [7, 11) is 0. The maximum atomic E-state index is 12.8. The Hall–Kier alpha value is -4.37. The SMILES string of the molecule is Cc1ccc(N2NOC(=O)C2=C2CC(c3ccccc3[N+](=O)[O-])N=c3ccccc3=N2)cc1. The van der Waals surface area contributed by atoms with Gasteiger partial charge < -0.3 is 4.84 Å². The van der Waals surface area contributed by atoms with Crippen LogP contribution in [0.15, 0.2) is 94.2 Å². The highest BCUT2D eigenvalue weighted by Gasteiger charge is 2.35. The molecule has 9 heteroatoms. The van der Waals surface area contributed by atoms with Crippen LogP contribution in [-0.2, 0) is 9.63 Å². The summed E-state index contributed by atoms with van der Waals surface area (Å²) >= 11 is 0. The van der Waals surface area contributed by atoms with E-state index in [1.165, 1.54) is 11.1 Å². The Bertz CT molecular complexity index is 1420. The van der Waals surface area contributed by atoms with E-state index in [2.05, 4.69) is 5.59 Å². The van der Waals surface area contributed by atoms with Crippen LogP contribution in [0.3, 0.4) is 0 Å². The summed E-state index contributed by atoms with van der Waals surface area (Å²) in [6, 6.07) is 20.7. The molecule has 1 N–H and O–H groups in total. The second-order valence-corrected chi connectivity index (χ2v) is 7.71. The van der Waals surface area contributed by atoms with Gasteiger partial charge in [0.05, 0.1) is 38.6 Å². The smallest absolute Gasteiger partial charge is 0.345 e. The van der Waals surface area contributed by atoms with E-state index in [9.17, 15) is 14.9 Å². The Morgan fingerprint density at radius 2 is 1.73 bits per heavy atom. The zero-order valence-corrected chi connectivity index (χ0v) is 17.6. The zero-order chi connectivity index (χ0) is 22.9. The lowest BCUT2D eigenvalue weighted by Gasteiger charge is -2.18. The van der Waals surface area contributed by atoms with E-state index in [1.807, 2.05) is 43.3 Å². The number of carbonyl (C=O) groups is 1. The van der Waals surface area contributed by atoms with Gasteiger partial charge in [-0.3, -0.25) is 15.1 Å². The van der Waals surface area contributed by atoms with E-state index in [0.29, 0.717) is 27.7 Å². The van der Waals surface area contributed by atoms with Gasteiger partial charge in [-0.25, -0.2) is 14.8 Å². The van der Waals surface area contributed by atoms with Gasteiger partial charge in [-0.15, -0.1) is 0 Å². The number of hydrogen-bond acceptors (Lipinski definition) is 8. The summed E-state index contributed by atoms with van der Waals surface area (Å²) < 4.78 is 0. The van der Waals surface area contributed by atoms with Crippen molar-refractivity contribution in [2.24, 2.45) is 9.98 Å². The number of nitro benzene ring substituents is 1. The van der Waals surface area contributed by atoms with Gasteiger partial charge in [0, 0.05) is 12.5 Å². The molecule has 2 heterocycles. The summed E-state index contributed by atoms with van der Waals surface area (Å²) in [6.45, 7) is 1.97. The molecule has 0 bridgehead atoms. The molecule has 1 saturated heterocycles.